The molecule has 1 N–H and O–H groups in total. The summed E-state index contributed by atoms with van der Waals surface area (Å²) in [6.07, 6.45) is 1.94. The van der Waals surface area contributed by atoms with Gasteiger partial charge >= 0.3 is 6.15 Å². The number of hydrogen-bond acceptors (Lipinski definition) is 7. The number of anilines is 1. The standard InChI is InChI=1S/C22H20Cl2N4O2S2.CO2/c1-13-17(10-15-6-4-5-7-20(15)27-32(3,29)30)14(2)28(26-13)22-25-21(12-31-22)16-8-9-18(23)19(24)11-16;2-1-3/h4-9,11-12,27H,10H2,1-3H3;. The van der Waals surface area contributed by atoms with Gasteiger partial charge in [0, 0.05) is 28.6 Å². The summed E-state index contributed by atoms with van der Waals surface area (Å²) >= 11 is 13.7. The monoisotopic (exact) mass is 550 g/mol. The zero-order chi connectivity index (χ0) is 25.8. The van der Waals surface area contributed by atoms with E-state index in [1.165, 1.54) is 11.3 Å². The molecule has 0 saturated heterocycles. The molecule has 0 unspecified atom stereocenters. The van der Waals surface area contributed by atoms with Crippen molar-refractivity contribution in [1.29, 1.82) is 0 Å². The fourth-order valence-corrected chi connectivity index (χ4v) is 5.16. The van der Waals surface area contributed by atoms with Crippen LogP contribution in [0, 0.1) is 13.8 Å². The molecule has 0 atom stereocenters. The Labute approximate surface area is 216 Å². The Morgan fingerprint density at radius 2 is 1.77 bits per heavy atom. The number of thiazole rings is 1. The van der Waals surface area contributed by atoms with Crippen molar-refractivity contribution in [1.82, 2.24) is 14.8 Å². The van der Waals surface area contributed by atoms with Crippen LogP contribution in [-0.4, -0.2) is 35.6 Å². The van der Waals surface area contributed by atoms with E-state index in [1.807, 2.05) is 42.1 Å². The van der Waals surface area contributed by atoms with Crippen molar-refractivity contribution in [2.24, 2.45) is 0 Å². The second-order valence-electron chi connectivity index (χ2n) is 7.50. The number of aromatic nitrogens is 3. The third kappa shape index (κ3) is 6.56. The number of rotatable bonds is 6. The topological polar surface area (TPSA) is 111 Å². The van der Waals surface area contributed by atoms with Gasteiger partial charge in [0.1, 0.15) is 0 Å². The zero-order valence-electron chi connectivity index (χ0n) is 18.9. The van der Waals surface area contributed by atoms with E-state index in [0.717, 1.165) is 45.2 Å². The highest BCUT2D eigenvalue weighted by Gasteiger charge is 2.18. The smallest absolute Gasteiger partial charge is 0.283 e. The highest BCUT2D eigenvalue weighted by molar-refractivity contribution is 7.92. The lowest BCUT2D eigenvalue weighted by molar-refractivity contribution is -0.191. The highest BCUT2D eigenvalue weighted by Crippen LogP contribution is 2.31. The molecule has 0 amide bonds. The summed E-state index contributed by atoms with van der Waals surface area (Å²) in [5.41, 5.74) is 5.95. The molecule has 8 nitrogen and oxygen atoms in total. The van der Waals surface area contributed by atoms with Crippen LogP contribution in [0.5, 0.6) is 0 Å². The van der Waals surface area contributed by atoms with E-state index in [2.05, 4.69) is 4.72 Å². The summed E-state index contributed by atoms with van der Waals surface area (Å²) in [5.74, 6) is 0. The van der Waals surface area contributed by atoms with Gasteiger partial charge in [-0.05, 0) is 37.6 Å². The fraction of sp³-hybridized carbons (Fsp3) is 0.174. The first-order valence-corrected chi connectivity index (χ1v) is 13.6. The summed E-state index contributed by atoms with van der Waals surface area (Å²) in [7, 11) is -3.38. The maximum atomic E-state index is 11.7. The summed E-state index contributed by atoms with van der Waals surface area (Å²) in [6.45, 7) is 3.93. The van der Waals surface area contributed by atoms with Crippen molar-refractivity contribution in [2.75, 3.05) is 11.0 Å². The molecule has 2 aromatic carbocycles. The van der Waals surface area contributed by atoms with Crippen molar-refractivity contribution < 1.29 is 18.0 Å². The number of halogens is 2. The van der Waals surface area contributed by atoms with Crippen molar-refractivity contribution in [3.63, 3.8) is 0 Å². The number of hydrogen-bond donors (Lipinski definition) is 1. The number of aryl methyl sites for hydroxylation is 1. The van der Waals surface area contributed by atoms with Crippen LogP contribution in [0.2, 0.25) is 10.0 Å². The Balaban J connectivity index is 0.00000108. The predicted molar refractivity (Wildman–Crippen MR) is 137 cm³/mol. The number of nitrogens with zero attached hydrogens (tertiary/aromatic N) is 3. The summed E-state index contributed by atoms with van der Waals surface area (Å²) in [5, 5.41) is 8.37. The lowest BCUT2D eigenvalue weighted by Gasteiger charge is -2.11. The second-order valence-corrected chi connectivity index (χ2v) is 10.9. The van der Waals surface area contributed by atoms with E-state index < -0.39 is 10.0 Å². The van der Waals surface area contributed by atoms with Gasteiger partial charge in [0.2, 0.25) is 15.2 Å². The molecule has 4 aromatic rings. The van der Waals surface area contributed by atoms with Crippen LogP contribution in [0.25, 0.3) is 16.4 Å². The molecule has 0 spiro atoms. The molecular weight excluding hydrogens is 531 g/mol. The largest absolute Gasteiger partial charge is 0.373 e. The average Bonchev–Trinajstić information content (AvgIpc) is 3.37. The second kappa shape index (κ2) is 11.2. The molecule has 12 heteroatoms. The molecule has 0 aliphatic heterocycles. The van der Waals surface area contributed by atoms with Crippen LogP contribution in [0.4, 0.5) is 5.69 Å². The van der Waals surface area contributed by atoms with E-state index in [0.29, 0.717) is 22.2 Å². The Hall–Kier alpha value is -3.01. The van der Waals surface area contributed by atoms with Crippen LogP contribution in [-0.2, 0) is 26.0 Å². The highest BCUT2D eigenvalue weighted by atomic mass is 35.5. The van der Waals surface area contributed by atoms with E-state index in [4.69, 9.17) is 42.9 Å². The molecule has 4 rings (SSSR count). The van der Waals surface area contributed by atoms with Gasteiger partial charge in [-0.2, -0.15) is 14.7 Å². The lowest BCUT2D eigenvalue weighted by Crippen LogP contribution is -2.11. The number of sulfonamides is 1. The molecule has 35 heavy (non-hydrogen) atoms. The van der Waals surface area contributed by atoms with Crippen LogP contribution in [0.15, 0.2) is 47.8 Å². The Kier molecular flexibility index (Phi) is 8.47. The molecule has 0 aliphatic carbocycles. The zero-order valence-corrected chi connectivity index (χ0v) is 22.0. The van der Waals surface area contributed by atoms with E-state index in [9.17, 15) is 8.42 Å². The molecular formula is C23H20Cl2N4O4S2. The number of para-hydroxylation sites is 1. The minimum absolute atomic E-state index is 0.250. The van der Waals surface area contributed by atoms with Crippen molar-refractivity contribution in [3.05, 3.63) is 80.4 Å². The maximum absolute atomic E-state index is 11.7. The Morgan fingerprint density at radius 1 is 1.09 bits per heavy atom. The minimum Gasteiger partial charge on any atom is -0.283 e. The van der Waals surface area contributed by atoms with Crippen LogP contribution in [0.1, 0.15) is 22.5 Å². The summed E-state index contributed by atoms with van der Waals surface area (Å²) < 4.78 is 27.9. The quantitative estimate of drug-likeness (QED) is 0.348. The normalized spacial score (nSPS) is 10.9. The van der Waals surface area contributed by atoms with Crippen molar-refractivity contribution in [3.8, 4) is 16.4 Å². The predicted octanol–water partition coefficient (Wildman–Crippen LogP) is 5.30. The van der Waals surface area contributed by atoms with Crippen LogP contribution < -0.4 is 4.72 Å². The molecule has 0 fully saturated rings. The number of nitrogens with one attached hydrogen (secondary N) is 1. The average molecular weight is 551 g/mol. The molecule has 2 aromatic heterocycles. The SMILES string of the molecule is Cc1nn(-c2nc(-c3ccc(Cl)c(Cl)c3)cs2)c(C)c1Cc1ccccc1NS(C)(=O)=O.O=C=O. The third-order valence-corrected chi connectivity index (χ3v) is 7.16. The Bertz CT molecular complexity index is 1510. The van der Waals surface area contributed by atoms with Crippen molar-refractivity contribution in [2.45, 2.75) is 20.3 Å². The summed E-state index contributed by atoms with van der Waals surface area (Å²) in [6, 6.07) is 12.8. The fourth-order valence-electron chi connectivity index (χ4n) is 3.43. The maximum Gasteiger partial charge on any atom is 0.373 e. The van der Waals surface area contributed by atoms with Gasteiger partial charge in [0.05, 0.1) is 33.4 Å². The first-order chi connectivity index (χ1) is 16.5. The number of carbonyl (C=O) groups excluding carboxylic acids is 2. The molecule has 0 bridgehead atoms. The van der Waals surface area contributed by atoms with Gasteiger partial charge in [0.25, 0.3) is 0 Å². The molecule has 2 heterocycles. The van der Waals surface area contributed by atoms with E-state index in [1.54, 1.807) is 24.3 Å². The first kappa shape index (κ1) is 26.6. The van der Waals surface area contributed by atoms with Gasteiger partial charge in [-0.3, -0.25) is 4.72 Å². The minimum atomic E-state index is -3.38. The van der Waals surface area contributed by atoms with Gasteiger partial charge in [-0.15, -0.1) is 11.3 Å². The molecule has 0 aliphatic rings. The number of benzene rings is 2. The van der Waals surface area contributed by atoms with E-state index >= 15 is 0 Å². The van der Waals surface area contributed by atoms with Crippen LogP contribution in [0.3, 0.4) is 0 Å². The molecule has 0 saturated carbocycles. The van der Waals surface area contributed by atoms with E-state index in [-0.39, 0.29) is 6.15 Å². The summed E-state index contributed by atoms with van der Waals surface area (Å²) in [4.78, 5) is 21.0. The third-order valence-electron chi connectivity index (χ3n) is 5.01. The first-order valence-electron chi connectivity index (χ1n) is 10.1. The molecule has 0 radical (unpaired) electrons. The van der Waals surface area contributed by atoms with Crippen LogP contribution >= 0.6 is 34.5 Å². The lowest BCUT2D eigenvalue weighted by atomic mass is 10.0. The van der Waals surface area contributed by atoms with Gasteiger partial charge in [-0.25, -0.2) is 18.1 Å². The molecule has 182 valence electrons. The van der Waals surface area contributed by atoms with Gasteiger partial charge in [0.15, 0.2) is 0 Å². The van der Waals surface area contributed by atoms with Gasteiger partial charge in [-0.1, -0.05) is 47.5 Å². The van der Waals surface area contributed by atoms with Crippen molar-refractivity contribution >= 4 is 56.4 Å². The Morgan fingerprint density at radius 3 is 2.43 bits per heavy atom. The van der Waals surface area contributed by atoms with Gasteiger partial charge < -0.3 is 0 Å².